The molecule has 1 saturated carbocycles. The predicted molar refractivity (Wildman–Crippen MR) is 68.4 cm³/mol. The number of nitrogens with zero attached hydrogens (tertiary/aromatic N) is 2. The third-order valence-electron chi connectivity index (χ3n) is 3.39. The summed E-state index contributed by atoms with van der Waals surface area (Å²) in [5.41, 5.74) is 0.401. The van der Waals surface area contributed by atoms with E-state index in [1.807, 2.05) is 0 Å². The van der Waals surface area contributed by atoms with Crippen molar-refractivity contribution in [2.24, 2.45) is 5.92 Å². The lowest BCUT2D eigenvalue weighted by molar-refractivity contribution is 0.0601. The Balaban J connectivity index is 2.10. The Morgan fingerprint density at radius 2 is 2.33 bits per heavy atom. The molecule has 1 aliphatic carbocycles. The van der Waals surface area contributed by atoms with Gasteiger partial charge in [0, 0.05) is 12.2 Å². The van der Waals surface area contributed by atoms with Crippen molar-refractivity contribution in [2.45, 2.75) is 38.6 Å². The van der Waals surface area contributed by atoms with Crippen LogP contribution in [0.25, 0.3) is 0 Å². The van der Waals surface area contributed by atoms with Crippen LogP contribution in [0.5, 0.6) is 0 Å². The van der Waals surface area contributed by atoms with Crippen molar-refractivity contribution in [3.05, 3.63) is 18.1 Å². The molecule has 2 rings (SSSR count). The fraction of sp³-hybridized carbons (Fsp3) is 0.615. The van der Waals surface area contributed by atoms with Gasteiger partial charge in [0.2, 0.25) is 0 Å². The molecule has 18 heavy (non-hydrogen) atoms. The minimum absolute atomic E-state index is 0.382. The van der Waals surface area contributed by atoms with Gasteiger partial charge in [-0.1, -0.05) is 19.8 Å². The van der Waals surface area contributed by atoms with E-state index in [1.165, 1.54) is 32.5 Å². The van der Waals surface area contributed by atoms with Crippen LogP contribution in [-0.2, 0) is 4.74 Å². The number of anilines is 1. The quantitative estimate of drug-likeness (QED) is 0.832. The Kier molecular flexibility index (Phi) is 4.12. The molecule has 0 aliphatic heterocycles. The molecule has 1 aromatic heterocycles. The Labute approximate surface area is 107 Å². The molecule has 0 radical (unpaired) electrons. The zero-order valence-corrected chi connectivity index (χ0v) is 10.8. The molecule has 0 saturated heterocycles. The van der Waals surface area contributed by atoms with Gasteiger partial charge in [-0.05, 0) is 18.8 Å². The van der Waals surface area contributed by atoms with E-state index in [9.17, 15) is 4.79 Å². The summed E-state index contributed by atoms with van der Waals surface area (Å²) in [5, 5.41) is 3.34. The first-order valence-corrected chi connectivity index (χ1v) is 6.35. The van der Waals surface area contributed by atoms with E-state index in [4.69, 9.17) is 4.74 Å². The van der Waals surface area contributed by atoms with Crippen molar-refractivity contribution in [2.75, 3.05) is 12.4 Å². The summed E-state index contributed by atoms with van der Waals surface area (Å²) >= 11 is 0. The number of aromatic nitrogens is 2. The maximum atomic E-state index is 11.6. The van der Waals surface area contributed by atoms with Crippen LogP contribution in [0.15, 0.2) is 12.5 Å². The summed E-state index contributed by atoms with van der Waals surface area (Å²) in [5.74, 6) is 0.901. The number of carbonyl (C=O) groups is 1. The fourth-order valence-electron chi connectivity index (χ4n) is 2.46. The molecule has 0 aromatic carbocycles. The maximum absolute atomic E-state index is 11.6. The van der Waals surface area contributed by atoms with E-state index in [2.05, 4.69) is 22.2 Å². The number of rotatable bonds is 3. The molecule has 1 fully saturated rings. The molecule has 0 spiro atoms. The van der Waals surface area contributed by atoms with Gasteiger partial charge in [-0.3, -0.25) is 0 Å². The summed E-state index contributed by atoms with van der Waals surface area (Å²) in [6.07, 6.45) is 7.68. The lowest BCUT2D eigenvalue weighted by Gasteiger charge is -2.28. The smallest absolute Gasteiger partial charge is 0.343 e. The van der Waals surface area contributed by atoms with Crippen LogP contribution >= 0.6 is 0 Å². The SMILES string of the molecule is COC(=O)c1cncnc1NC1CCCC(C)C1. The molecule has 1 aliphatic rings. The highest BCUT2D eigenvalue weighted by Crippen LogP contribution is 2.26. The van der Waals surface area contributed by atoms with E-state index in [-0.39, 0.29) is 0 Å². The van der Waals surface area contributed by atoms with Crippen molar-refractivity contribution in [1.82, 2.24) is 9.97 Å². The zero-order valence-electron chi connectivity index (χ0n) is 10.8. The average molecular weight is 249 g/mol. The van der Waals surface area contributed by atoms with Crippen LogP contribution in [0.2, 0.25) is 0 Å². The highest BCUT2D eigenvalue weighted by molar-refractivity contribution is 5.94. The van der Waals surface area contributed by atoms with Crippen molar-refractivity contribution >= 4 is 11.8 Å². The van der Waals surface area contributed by atoms with Gasteiger partial charge in [0.25, 0.3) is 0 Å². The summed E-state index contributed by atoms with van der Waals surface area (Å²) in [7, 11) is 1.36. The number of hydrogen-bond acceptors (Lipinski definition) is 5. The second-order valence-electron chi connectivity index (χ2n) is 4.89. The molecule has 1 aromatic rings. The number of hydrogen-bond donors (Lipinski definition) is 1. The third-order valence-corrected chi connectivity index (χ3v) is 3.39. The molecule has 1 N–H and O–H groups in total. The van der Waals surface area contributed by atoms with Crippen LogP contribution in [0.3, 0.4) is 0 Å². The van der Waals surface area contributed by atoms with E-state index in [0.29, 0.717) is 17.4 Å². The third kappa shape index (κ3) is 2.97. The van der Waals surface area contributed by atoms with E-state index in [1.54, 1.807) is 0 Å². The standard InChI is InChI=1S/C13H19N3O2/c1-9-4-3-5-10(6-9)16-12-11(13(17)18-2)7-14-8-15-12/h7-10H,3-6H2,1-2H3,(H,14,15,16). The summed E-state index contributed by atoms with van der Waals surface area (Å²) in [6, 6.07) is 0.382. The second-order valence-corrected chi connectivity index (χ2v) is 4.89. The number of carbonyl (C=O) groups excluding carboxylic acids is 1. The van der Waals surface area contributed by atoms with Gasteiger partial charge in [-0.25, -0.2) is 14.8 Å². The van der Waals surface area contributed by atoms with Gasteiger partial charge in [0.05, 0.1) is 7.11 Å². The van der Waals surface area contributed by atoms with Gasteiger partial charge >= 0.3 is 5.97 Å². The van der Waals surface area contributed by atoms with E-state index < -0.39 is 5.97 Å². The normalized spacial score (nSPS) is 23.4. The van der Waals surface area contributed by atoms with Crippen LogP contribution in [-0.4, -0.2) is 29.1 Å². The van der Waals surface area contributed by atoms with Crippen molar-refractivity contribution in [3.8, 4) is 0 Å². The Morgan fingerprint density at radius 1 is 1.50 bits per heavy atom. The Morgan fingerprint density at radius 3 is 3.06 bits per heavy atom. The Hall–Kier alpha value is -1.65. The molecular weight excluding hydrogens is 230 g/mol. The predicted octanol–water partition coefficient (Wildman–Crippen LogP) is 2.25. The topological polar surface area (TPSA) is 64.1 Å². The van der Waals surface area contributed by atoms with Crippen LogP contribution in [0.4, 0.5) is 5.82 Å². The van der Waals surface area contributed by atoms with Crippen LogP contribution in [0, 0.1) is 5.92 Å². The number of nitrogens with one attached hydrogen (secondary N) is 1. The molecule has 2 unspecified atom stereocenters. The highest BCUT2D eigenvalue weighted by Gasteiger charge is 2.21. The first-order chi connectivity index (χ1) is 8.70. The second kappa shape index (κ2) is 5.80. The monoisotopic (exact) mass is 249 g/mol. The molecule has 0 amide bonds. The maximum Gasteiger partial charge on any atom is 0.343 e. The number of methoxy groups -OCH3 is 1. The lowest BCUT2D eigenvalue weighted by Crippen LogP contribution is -2.27. The minimum atomic E-state index is -0.401. The van der Waals surface area contributed by atoms with Gasteiger partial charge in [-0.2, -0.15) is 0 Å². The van der Waals surface area contributed by atoms with Gasteiger partial charge in [-0.15, -0.1) is 0 Å². The molecule has 0 bridgehead atoms. The average Bonchev–Trinajstić information content (AvgIpc) is 2.38. The highest BCUT2D eigenvalue weighted by atomic mass is 16.5. The van der Waals surface area contributed by atoms with E-state index >= 15 is 0 Å². The molecule has 2 atom stereocenters. The molecule has 5 nitrogen and oxygen atoms in total. The zero-order chi connectivity index (χ0) is 13.0. The Bertz CT molecular complexity index is 422. The minimum Gasteiger partial charge on any atom is -0.465 e. The largest absolute Gasteiger partial charge is 0.465 e. The van der Waals surface area contributed by atoms with Gasteiger partial charge in [0.15, 0.2) is 0 Å². The molecule has 5 heteroatoms. The van der Waals surface area contributed by atoms with Crippen molar-refractivity contribution < 1.29 is 9.53 Å². The first kappa shape index (κ1) is 12.8. The number of ether oxygens (including phenoxy) is 1. The van der Waals surface area contributed by atoms with Gasteiger partial charge in [0.1, 0.15) is 17.7 Å². The molecule has 1 heterocycles. The summed E-state index contributed by atoms with van der Waals surface area (Å²) in [6.45, 7) is 2.26. The van der Waals surface area contributed by atoms with Crippen molar-refractivity contribution in [1.29, 1.82) is 0 Å². The molecule has 98 valence electrons. The number of esters is 1. The fourth-order valence-corrected chi connectivity index (χ4v) is 2.46. The van der Waals surface area contributed by atoms with Crippen LogP contribution in [0.1, 0.15) is 43.0 Å². The summed E-state index contributed by atoms with van der Waals surface area (Å²) < 4.78 is 4.73. The van der Waals surface area contributed by atoms with Crippen LogP contribution < -0.4 is 5.32 Å². The summed E-state index contributed by atoms with van der Waals surface area (Å²) in [4.78, 5) is 19.6. The van der Waals surface area contributed by atoms with Crippen molar-refractivity contribution in [3.63, 3.8) is 0 Å². The lowest BCUT2D eigenvalue weighted by atomic mass is 9.87. The van der Waals surface area contributed by atoms with Gasteiger partial charge < -0.3 is 10.1 Å². The van der Waals surface area contributed by atoms with E-state index in [0.717, 1.165) is 18.8 Å². The molecular formula is C13H19N3O2. The first-order valence-electron chi connectivity index (χ1n) is 6.35.